The van der Waals surface area contributed by atoms with E-state index in [-0.39, 0.29) is 12.6 Å². The van der Waals surface area contributed by atoms with Gasteiger partial charge in [-0.15, -0.1) is 0 Å². The molecule has 0 atom stereocenters. The van der Waals surface area contributed by atoms with Gasteiger partial charge in [0, 0.05) is 12.7 Å². The molecule has 0 amide bonds. The second-order valence-corrected chi connectivity index (χ2v) is 3.68. The Morgan fingerprint density at radius 2 is 2.31 bits per heavy atom. The predicted molar refractivity (Wildman–Crippen MR) is 60.2 cm³/mol. The van der Waals surface area contributed by atoms with E-state index >= 15 is 0 Å². The van der Waals surface area contributed by atoms with Gasteiger partial charge in [0.1, 0.15) is 12.3 Å². The normalized spacial score (nSPS) is 15.4. The van der Waals surface area contributed by atoms with Crippen LogP contribution >= 0.6 is 0 Å². The lowest BCUT2D eigenvalue weighted by Crippen LogP contribution is -2.20. The molecule has 1 aliphatic heterocycles. The van der Waals surface area contributed by atoms with E-state index < -0.39 is 0 Å². The van der Waals surface area contributed by atoms with Gasteiger partial charge in [-0.25, -0.2) is 4.79 Å². The van der Waals surface area contributed by atoms with Crippen LogP contribution in [0.2, 0.25) is 0 Å². The SMILES string of the molecule is O=C(OCc1ccccn1)C1=NCCCC1. The molecule has 0 saturated carbocycles. The highest BCUT2D eigenvalue weighted by molar-refractivity contribution is 6.36. The summed E-state index contributed by atoms with van der Waals surface area (Å²) in [5, 5.41) is 0. The summed E-state index contributed by atoms with van der Waals surface area (Å²) in [6, 6.07) is 5.53. The highest BCUT2D eigenvalue weighted by Gasteiger charge is 2.15. The van der Waals surface area contributed by atoms with Crippen molar-refractivity contribution in [3.8, 4) is 0 Å². The van der Waals surface area contributed by atoms with Crippen molar-refractivity contribution in [1.29, 1.82) is 0 Å². The number of rotatable bonds is 3. The van der Waals surface area contributed by atoms with Crippen LogP contribution in [0.3, 0.4) is 0 Å². The summed E-state index contributed by atoms with van der Waals surface area (Å²) in [6.07, 6.45) is 4.51. The molecule has 0 aromatic carbocycles. The van der Waals surface area contributed by atoms with Crippen molar-refractivity contribution in [2.24, 2.45) is 4.99 Å². The lowest BCUT2D eigenvalue weighted by Gasteiger charge is -2.10. The van der Waals surface area contributed by atoms with Crippen molar-refractivity contribution in [2.75, 3.05) is 6.54 Å². The van der Waals surface area contributed by atoms with Crippen LogP contribution in [-0.4, -0.2) is 23.2 Å². The van der Waals surface area contributed by atoms with Crippen LogP contribution in [0.5, 0.6) is 0 Å². The van der Waals surface area contributed by atoms with E-state index in [0.717, 1.165) is 31.5 Å². The number of hydrogen-bond acceptors (Lipinski definition) is 4. The minimum atomic E-state index is -0.301. The first-order valence-corrected chi connectivity index (χ1v) is 5.46. The molecule has 0 aliphatic carbocycles. The molecule has 0 fully saturated rings. The van der Waals surface area contributed by atoms with Gasteiger partial charge in [-0.1, -0.05) is 6.07 Å². The molecule has 84 valence electrons. The molecule has 4 nitrogen and oxygen atoms in total. The predicted octanol–water partition coefficient (Wildman–Crippen LogP) is 1.75. The average molecular weight is 218 g/mol. The van der Waals surface area contributed by atoms with Crippen molar-refractivity contribution in [3.05, 3.63) is 30.1 Å². The maximum absolute atomic E-state index is 11.6. The van der Waals surface area contributed by atoms with E-state index in [2.05, 4.69) is 9.98 Å². The first-order chi connectivity index (χ1) is 7.86. The molecule has 0 unspecified atom stereocenters. The quantitative estimate of drug-likeness (QED) is 0.726. The second kappa shape index (κ2) is 5.39. The van der Waals surface area contributed by atoms with Gasteiger partial charge in [0.2, 0.25) is 0 Å². The zero-order chi connectivity index (χ0) is 11.2. The van der Waals surface area contributed by atoms with E-state index in [4.69, 9.17) is 4.74 Å². The molecular formula is C12H14N2O2. The first kappa shape index (κ1) is 10.8. The number of aromatic nitrogens is 1. The lowest BCUT2D eigenvalue weighted by atomic mass is 10.1. The van der Waals surface area contributed by atoms with E-state index in [0.29, 0.717) is 5.71 Å². The fourth-order valence-electron chi connectivity index (χ4n) is 1.57. The van der Waals surface area contributed by atoms with Crippen LogP contribution in [0.15, 0.2) is 29.4 Å². The minimum Gasteiger partial charge on any atom is -0.455 e. The third-order valence-corrected chi connectivity index (χ3v) is 2.44. The molecule has 0 bridgehead atoms. The van der Waals surface area contributed by atoms with Crippen molar-refractivity contribution >= 4 is 11.7 Å². The molecule has 0 spiro atoms. The van der Waals surface area contributed by atoms with Gasteiger partial charge in [-0.2, -0.15) is 0 Å². The van der Waals surface area contributed by atoms with Crippen LogP contribution in [0.1, 0.15) is 25.0 Å². The number of ether oxygens (including phenoxy) is 1. The summed E-state index contributed by atoms with van der Waals surface area (Å²) in [4.78, 5) is 19.8. The Balaban J connectivity index is 1.86. The number of carbonyl (C=O) groups is 1. The maximum Gasteiger partial charge on any atom is 0.352 e. The van der Waals surface area contributed by atoms with E-state index in [1.165, 1.54) is 0 Å². The molecule has 0 N–H and O–H groups in total. The van der Waals surface area contributed by atoms with Gasteiger partial charge in [-0.3, -0.25) is 9.98 Å². The first-order valence-electron chi connectivity index (χ1n) is 5.46. The molecule has 1 aliphatic rings. The standard InChI is InChI=1S/C12H14N2O2/c15-12(11-6-2-4-8-14-11)16-9-10-5-1-3-7-13-10/h1,3,5,7H,2,4,6,8-9H2. The van der Waals surface area contributed by atoms with Crippen molar-refractivity contribution in [3.63, 3.8) is 0 Å². The highest BCUT2D eigenvalue weighted by atomic mass is 16.5. The van der Waals surface area contributed by atoms with E-state index in [9.17, 15) is 4.79 Å². The van der Waals surface area contributed by atoms with Gasteiger partial charge in [0.05, 0.1) is 5.69 Å². The number of nitrogens with zero attached hydrogens (tertiary/aromatic N) is 2. The third-order valence-electron chi connectivity index (χ3n) is 2.44. The summed E-state index contributed by atoms with van der Waals surface area (Å²) in [5.41, 5.74) is 1.33. The summed E-state index contributed by atoms with van der Waals surface area (Å²) in [7, 11) is 0. The van der Waals surface area contributed by atoms with Crippen molar-refractivity contribution in [1.82, 2.24) is 4.98 Å². The number of aliphatic imine (C=N–C) groups is 1. The zero-order valence-corrected chi connectivity index (χ0v) is 9.06. The van der Waals surface area contributed by atoms with Gasteiger partial charge in [0.25, 0.3) is 0 Å². The largest absolute Gasteiger partial charge is 0.455 e. The molecular weight excluding hydrogens is 204 g/mol. The maximum atomic E-state index is 11.6. The summed E-state index contributed by atoms with van der Waals surface area (Å²) < 4.78 is 5.14. The Morgan fingerprint density at radius 1 is 1.38 bits per heavy atom. The van der Waals surface area contributed by atoms with Gasteiger partial charge in [0.15, 0.2) is 0 Å². The molecule has 0 radical (unpaired) electrons. The highest BCUT2D eigenvalue weighted by Crippen LogP contribution is 2.08. The Hall–Kier alpha value is -1.71. The van der Waals surface area contributed by atoms with Gasteiger partial charge in [-0.05, 0) is 31.4 Å². The monoisotopic (exact) mass is 218 g/mol. The van der Waals surface area contributed by atoms with Crippen molar-refractivity contribution in [2.45, 2.75) is 25.9 Å². The Morgan fingerprint density at radius 3 is 3.00 bits per heavy atom. The smallest absolute Gasteiger partial charge is 0.352 e. The van der Waals surface area contributed by atoms with Gasteiger partial charge < -0.3 is 4.74 Å². The minimum absolute atomic E-state index is 0.221. The number of carbonyl (C=O) groups excluding carboxylic acids is 1. The van der Waals surface area contributed by atoms with Crippen LogP contribution in [0.4, 0.5) is 0 Å². The lowest BCUT2D eigenvalue weighted by molar-refractivity contribution is -0.137. The number of pyridine rings is 1. The topological polar surface area (TPSA) is 51.5 Å². The van der Waals surface area contributed by atoms with Crippen LogP contribution in [-0.2, 0) is 16.1 Å². The Labute approximate surface area is 94.4 Å². The number of esters is 1. The summed E-state index contributed by atoms with van der Waals surface area (Å²) in [5.74, 6) is -0.301. The zero-order valence-electron chi connectivity index (χ0n) is 9.06. The summed E-state index contributed by atoms with van der Waals surface area (Å²) >= 11 is 0. The van der Waals surface area contributed by atoms with E-state index in [1.54, 1.807) is 6.20 Å². The van der Waals surface area contributed by atoms with Gasteiger partial charge >= 0.3 is 5.97 Å². The summed E-state index contributed by atoms with van der Waals surface area (Å²) in [6.45, 7) is 0.965. The van der Waals surface area contributed by atoms with Crippen molar-refractivity contribution < 1.29 is 9.53 Å². The molecule has 2 heterocycles. The Kier molecular flexibility index (Phi) is 3.64. The number of hydrogen-bond donors (Lipinski definition) is 0. The molecule has 4 heteroatoms. The Bertz CT molecular complexity index is 387. The van der Waals surface area contributed by atoms with E-state index in [1.807, 2.05) is 18.2 Å². The average Bonchev–Trinajstić information content (AvgIpc) is 2.38. The van der Waals surface area contributed by atoms with Crippen LogP contribution < -0.4 is 0 Å². The fourth-order valence-corrected chi connectivity index (χ4v) is 1.57. The second-order valence-electron chi connectivity index (χ2n) is 3.68. The van der Waals surface area contributed by atoms with Crippen LogP contribution in [0, 0.1) is 0 Å². The van der Waals surface area contributed by atoms with Crippen LogP contribution in [0.25, 0.3) is 0 Å². The molecule has 0 saturated heterocycles. The fraction of sp³-hybridized carbons (Fsp3) is 0.417. The molecule has 2 rings (SSSR count). The third kappa shape index (κ3) is 2.89. The molecule has 1 aromatic rings. The molecule has 16 heavy (non-hydrogen) atoms. The molecule has 1 aromatic heterocycles.